The lowest BCUT2D eigenvalue weighted by Crippen LogP contribution is -2.40. The molecular formula is C34H37ClF6N2O5. The number of anilines is 1. The van der Waals surface area contributed by atoms with Crippen LogP contribution in [-0.2, 0) is 16.1 Å². The average Bonchev–Trinajstić information content (AvgIpc) is 3.71. The van der Waals surface area contributed by atoms with E-state index in [0.29, 0.717) is 63.1 Å². The molecule has 0 aromatic heterocycles. The Balaban J connectivity index is 1.24. The molecule has 3 fully saturated rings. The Hall–Kier alpha value is -3.32. The van der Waals surface area contributed by atoms with Gasteiger partial charge in [0.25, 0.3) is 5.91 Å². The minimum atomic E-state index is -4.65. The summed E-state index contributed by atoms with van der Waals surface area (Å²) in [6.07, 6.45) is -6.91. The molecule has 2 saturated carbocycles. The molecule has 0 radical (unpaired) electrons. The second kappa shape index (κ2) is 14.7. The molecule has 1 atom stereocenters. The fourth-order valence-corrected chi connectivity index (χ4v) is 6.61. The van der Waals surface area contributed by atoms with E-state index in [9.17, 15) is 40.7 Å². The van der Waals surface area contributed by atoms with E-state index in [2.05, 4.69) is 10.6 Å². The highest BCUT2D eigenvalue weighted by atomic mass is 35.5. The normalized spacial score (nSPS) is 22.2. The molecule has 2 aromatic rings. The first-order valence-electron chi connectivity index (χ1n) is 16.1. The third-order valence-corrected chi connectivity index (χ3v) is 9.77. The van der Waals surface area contributed by atoms with Gasteiger partial charge in [-0.2, -0.15) is 26.3 Å². The molecule has 7 nitrogen and oxygen atoms in total. The van der Waals surface area contributed by atoms with Crippen molar-refractivity contribution in [2.24, 2.45) is 17.3 Å². The van der Waals surface area contributed by atoms with Crippen molar-refractivity contribution in [1.82, 2.24) is 5.32 Å². The van der Waals surface area contributed by atoms with E-state index in [-0.39, 0.29) is 71.4 Å². The van der Waals surface area contributed by atoms with E-state index in [1.54, 1.807) is 12.1 Å². The zero-order valence-corrected chi connectivity index (χ0v) is 26.8. The van der Waals surface area contributed by atoms with Crippen LogP contribution in [0.4, 0.5) is 32.0 Å². The van der Waals surface area contributed by atoms with Crippen molar-refractivity contribution in [2.75, 3.05) is 18.5 Å². The minimum absolute atomic E-state index is 0.0119. The molecule has 48 heavy (non-hydrogen) atoms. The van der Waals surface area contributed by atoms with E-state index < -0.39 is 36.0 Å². The van der Waals surface area contributed by atoms with E-state index in [1.807, 2.05) is 0 Å². The number of Topliss-reactive ketones (excluding diaryl/α,β-unsaturated/α-hetero) is 1. The minimum Gasteiger partial charge on any atom is -0.487 e. The highest BCUT2D eigenvalue weighted by molar-refractivity contribution is 6.34. The Bertz CT molecular complexity index is 1500. The smallest absolute Gasteiger partial charge is 0.403 e. The van der Waals surface area contributed by atoms with Crippen LogP contribution >= 0.6 is 11.6 Å². The first-order chi connectivity index (χ1) is 22.6. The van der Waals surface area contributed by atoms with Gasteiger partial charge in [-0.1, -0.05) is 30.5 Å². The van der Waals surface area contributed by atoms with Gasteiger partial charge in [-0.25, -0.2) is 0 Å². The van der Waals surface area contributed by atoms with Crippen LogP contribution in [0, 0.1) is 17.3 Å². The summed E-state index contributed by atoms with van der Waals surface area (Å²) in [6, 6.07) is 8.90. The molecule has 0 spiro atoms. The summed E-state index contributed by atoms with van der Waals surface area (Å²) in [5, 5.41) is 5.08. The topological polar surface area (TPSA) is 93.7 Å². The molecule has 1 aliphatic heterocycles. The SMILES string of the molecule is O=C(Nc1ccc(OC2CCOC2)c(C(=O)CCC2CCC(CC(F)(F)F)CC2)c1)c1cc(CNC(=O)C2(C(F)(F)F)CC2)ccc1Cl. The van der Waals surface area contributed by atoms with Gasteiger partial charge in [0.2, 0.25) is 5.91 Å². The summed E-state index contributed by atoms with van der Waals surface area (Å²) in [5.74, 6) is -1.92. The van der Waals surface area contributed by atoms with E-state index in [4.69, 9.17) is 21.1 Å². The van der Waals surface area contributed by atoms with Crippen molar-refractivity contribution in [3.8, 4) is 5.75 Å². The lowest BCUT2D eigenvalue weighted by atomic mass is 9.78. The molecule has 0 bridgehead atoms. The van der Waals surface area contributed by atoms with Gasteiger partial charge < -0.3 is 20.1 Å². The second-order valence-corrected chi connectivity index (χ2v) is 13.4. The number of benzene rings is 2. The Kier molecular flexibility index (Phi) is 11.0. The number of ketones is 1. The van der Waals surface area contributed by atoms with E-state index >= 15 is 0 Å². The van der Waals surface area contributed by atoms with Crippen LogP contribution in [0.25, 0.3) is 0 Å². The van der Waals surface area contributed by atoms with E-state index in [0.717, 1.165) is 0 Å². The quantitative estimate of drug-likeness (QED) is 0.171. The first kappa shape index (κ1) is 36.0. The molecule has 1 unspecified atom stereocenters. The number of halogens is 7. The number of amides is 2. The lowest BCUT2D eigenvalue weighted by Gasteiger charge is -2.29. The van der Waals surface area contributed by atoms with Gasteiger partial charge in [-0.15, -0.1) is 0 Å². The molecular weight excluding hydrogens is 666 g/mol. The average molecular weight is 703 g/mol. The fraction of sp³-hybridized carbons (Fsp3) is 0.559. The summed E-state index contributed by atoms with van der Waals surface area (Å²) in [6.45, 7) is 0.638. The molecule has 1 saturated heterocycles. The Morgan fingerprint density at radius 2 is 1.62 bits per heavy atom. The lowest BCUT2D eigenvalue weighted by molar-refractivity contribution is -0.192. The van der Waals surface area contributed by atoms with Crippen LogP contribution in [0.2, 0.25) is 5.02 Å². The maximum Gasteiger partial charge on any atom is 0.403 e. The van der Waals surface area contributed by atoms with Gasteiger partial charge in [0.1, 0.15) is 17.3 Å². The third-order valence-electron chi connectivity index (χ3n) is 9.44. The summed E-state index contributed by atoms with van der Waals surface area (Å²) in [5.41, 5.74) is -1.49. The Morgan fingerprint density at radius 3 is 2.25 bits per heavy atom. The van der Waals surface area contributed by atoms with Crippen LogP contribution in [0.1, 0.15) is 90.5 Å². The van der Waals surface area contributed by atoms with Gasteiger partial charge in [-0.05, 0) is 79.8 Å². The summed E-state index contributed by atoms with van der Waals surface area (Å²) < 4.78 is 89.7. The standard InChI is InChI=1S/C34H37ClF6N2O5/c35-27-8-5-22(18-42-31(46)32(12-13-32)34(39,40)41)15-25(27)30(45)43-23-7-10-29(48-24-11-14-47-19-24)26(16-23)28(44)9-6-20-1-3-21(4-2-20)17-33(36,37)38/h5,7-8,10,15-16,20-21,24H,1-4,6,9,11-14,17-19H2,(H,42,46)(H,43,45). The maximum absolute atomic E-state index is 13.5. The van der Waals surface area contributed by atoms with Crippen molar-refractivity contribution in [3.63, 3.8) is 0 Å². The molecule has 1 heterocycles. The number of carbonyl (C=O) groups excluding carboxylic acids is 3. The van der Waals surface area contributed by atoms with Crippen molar-refractivity contribution in [1.29, 1.82) is 0 Å². The second-order valence-electron chi connectivity index (χ2n) is 13.0. The van der Waals surface area contributed by atoms with Crippen LogP contribution in [0.5, 0.6) is 5.75 Å². The van der Waals surface area contributed by atoms with Gasteiger partial charge in [0.15, 0.2) is 5.78 Å². The maximum atomic E-state index is 13.5. The highest BCUT2D eigenvalue weighted by Crippen LogP contribution is 2.57. The fourth-order valence-electron chi connectivity index (χ4n) is 6.41. The van der Waals surface area contributed by atoms with Gasteiger partial charge in [0.05, 0.1) is 29.4 Å². The molecule has 5 rings (SSSR count). The predicted molar refractivity (Wildman–Crippen MR) is 165 cm³/mol. The molecule has 2 aliphatic carbocycles. The summed E-state index contributed by atoms with van der Waals surface area (Å²) in [7, 11) is 0. The number of nitrogens with one attached hydrogen (secondary N) is 2. The highest BCUT2D eigenvalue weighted by Gasteiger charge is 2.68. The van der Waals surface area contributed by atoms with Crippen LogP contribution in [0.15, 0.2) is 36.4 Å². The van der Waals surface area contributed by atoms with Crippen molar-refractivity contribution in [2.45, 2.75) is 89.2 Å². The van der Waals surface area contributed by atoms with Crippen molar-refractivity contribution >= 4 is 34.9 Å². The zero-order chi connectivity index (χ0) is 34.7. The van der Waals surface area contributed by atoms with Gasteiger partial charge in [0, 0.05) is 31.5 Å². The number of hydrogen-bond acceptors (Lipinski definition) is 5. The number of carbonyl (C=O) groups is 3. The third kappa shape index (κ3) is 9.02. The summed E-state index contributed by atoms with van der Waals surface area (Å²) in [4.78, 5) is 39.1. The van der Waals surface area contributed by atoms with Crippen LogP contribution in [-0.4, -0.2) is 49.3 Å². The van der Waals surface area contributed by atoms with Crippen LogP contribution in [0.3, 0.4) is 0 Å². The number of hydrogen-bond donors (Lipinski definition) is 2. The predicted octanol–water partition coefficient (Wildman–Crippen LogP) is 8.44. The molecule has 2 amide bonds. The molecule has 262 valence electrons. The summed E-state index contributed by atoms with van der Waals surface area (Å²) >= 11 is 6.28. The van der Waals surface area contributed by atoms with Crippen molar-refractivity contribution in [3.05, 3.63) is 58.1 Å². The first-order valence-corrected chi connectivity index (χ1v) is 16.4. The monoisotopic (exact) mass is 702 g/mol. The Morgan fingerprint density at radius 1 is 0.917 bits per heavy atom. The van der Waals surface area contributed by atoms with Crippen LogP contribution < -0.4 is 15.4 Å². The molecule has 14 heteroatoms. The largest absolute Gasteiger partial charge is 0.487 e. The van der Waals surface area contributed by atoms with E-state index in [1.165, 1.54) is 24.3 Å². The number of ether oxygens (including phenoxy) is 2. The van der Waals surface area contributed by atoms with Crippen molar-refractivity contribution < 1.29 is 50.2 Å². The Labute approximate surface area is 279 Å². The van der Waals surface area contributed by atoms with Gasteiger partial charge in [-0.3, -0.25) is 14.4 Å². The molecule has 2 aromatic carbocycles. The van der Waals surface area contributed by atoms with Gasteiger partial charge >= 0.3 is 12.4 Å². The number of rotatable bonds is 12. The number of alkyl halides is 6. The zero-order valence-electron chi connectivity index (χ0n) is 26.1. The molecule has 2 N–H and O–H groups in total. The molecule has 3 aliphatic rings.